The minimum absolute atomic E-state index is 0.0782. The van der Waals surface area contributed by atoms with Crippen molar-refractivity contribution < 1.29 is 35.7 Å². The van der Waals surface area contributed by atoms with Gasteiger partial charge in [-0.2, -0.15) is 13.2 Å². The number of halogens is 4. The maximum absolute atomic E-state index is 14.1. The van der Waals surface area contributed by atoms with E-state index < -0.39 is 43.2 Å². The molecule has 0 bridgehead atoms. The van der Waals surface area contributed by atoms with Crippen molar-refractivity contribution in [2.24, 2.45) is 5.92 Å². The molecule has 1 fully saturated rings. The third kappa shape index (κ3) is 12.4. The summed E-state index contributed by atoms with van der Waals surface area (Å²) >= 11 is 7.57. The molecule has 0 aromatic heterocycles. The Labute approximate surface area is 367 Å². The second-order valence-corrected chi connectivity index (χ2v) is 19.6. The van der Waals surface area contributed by atoms with Gasteiger partial charge in [0.05, 0.1) is 17.2 Å². The average molecular weight is 914 g/mol. The number of nitrogens with zero attached hydrogens (tertiary/aromatic N) is 2. The number of hydrogen-bond donors (Lipinski definition) is 3. The molecule has 0 saturated carbocycles. The highest BCUT2D eigenvalue weighted by Crippen LogP contribution is 2.37. The minimum atomic E-state index is -5.91. The summed E-state index contributed by atoms with van der Waals surface area (Å²) in [6.45, 7) is 2.41. The first kappa shape index (κ1) is 46.1. The molecule has 324 valence electrons. The van der Waals surface area contributed by atoms with Gasteiger partial charge in [0.2, 0.25) is 0 Å². The Hall–Kier alpha value is -4.38. The molecular weight excluding hydrogens is 865 g/mol. The molecule has 0 aliphatic carbocycles. The number of benzene rings is 5. The highest BCUT2D eigenvalue weighted by molar-refractivity contribution is 7.99. The number of carbonyl (C=O) groups is 1. The third-order valence-corrected chi connectivity index (χ3v) is 14.6. The number of likely N-dealkylation sites (N-methyl/N-ethyl adjacent to an activating group) is 1. The van der Waals surface area contributed by atoms with Gasteiger partial charge in [-0.05, 0) is 129 Å². The Balaban J connectivity index is 1.10. The van der Waals surface area contributed by atoms with Crippen molar-refractivity contribution in [1.29, 1.82) is 0 Å². The van der Waals surface area contributed by atoms with Crippen LogP contribution in [0, 0.1) is 5.92 Å². The first-order valence-corrected chi connectivity index (χ1v) is 23.8. The summed E-state index contributed by atoms with van der Waals surface area (Å²) < 4.78 is 83.8. The lowest BCUT2D eigenvalue weighted by Gasteiger charge is -2.34. The number of alkyl halides is 3. The fraction of sp³-hybridized carbons (Fsp3) is 0.311. The molecule has 0 radical (unpaired) electrons. The molecule has 2 atom stereocenters. The summed E-state index contributed by atoms with van der Waals surface area (Å²) in [6.07, 6.45) is 3.31. The zero-order valence-electron chi connectivity index (χ0n) is 33.5. The topological polar surface area (TPSA) is 119 Å². The van der Waals surface area contributed by atoms with Crippen LogP contribution >= 0.6 is 23.4 Å². The van der Waals surface area contributed by atoms with Gasteiger partial charge in [0, 0.05) is 52.6 Å². The maximum atomic E-state index is 14.1. The van der Waals surface area contributed by atoms with Crippen LogP contribution in [0.5, 0.6) is 0 Å². The Morgan fingerprint density at radius 1 is 0.934 bits per heavy atom. The van der Waals surface area contributed by atoms with Gasteiger partial charge in [-0.25, -0.2) is 12.6 Å². The molecule has 61 heavy (non-hydrogen) atoms. The minimum Gasteiger partial charge on any atom is -0.395 e. The zero-order chi connectivity index (χ0) is 43.6. The molecule has 1 aliphatic heterocycles. The van der Waals surface area contributed by atoms with E-state index >= 15 is 0 Å². The molecule has 5 aromatic rings. The lowest BCUT2D eigenvalue weighted by molar-refractivity contribution is -0.0435. The molecule has 1 amide bonds. The third-order valence-electron chi connectivity index (χ3n) is 10.6. The monoisotopic (exact) mass is 912 g/mol. The zero-order valence-corrected chi connectivity index (χ0v) is 36.7. The van der Waals surface area contributed by atoms with Crippen molar-refractivity contribution in [1.82, 2.24) is 9.62 Å². The van der Waals surface area contributed by atoms with Crippen LogP contribution in [0.3, 0.4) is 0 Å². The second-order valence-electron chi connectivity index (χ2n) is 14.9. The molecule has 1 heterocycles. The van der Waals surface area contributed by atoms with Crippen molar-refractivity contribution >= 4 is 61.5 Å². The van der Waals surface area contributed by atoms with E-state index in [-0.39, 0.29) is 22.8 Å². The molecule has 6 rings (SSSR count). The predicted molar refractivity (Wildman–Crippen MR) is 239 cm³/mol. The summed E-state index contributed by atoms with van der Waals surface area (Å²) in [5.41, 5.74) is -1.24. The van der Waals surface area contributed by atoms with E-state index in [1.165, 1.54) is 29.0 Å². The van der Waals surface area contributed by atoms with Crippen molar-refractivity contribution in [2.45, 2.75) is 51.9 Å². The number of amides is 1. The Kier molecular flexibility index (Phi) is 16.0. The molecule has 2 unspecified atom stereocenters. The van der Waals surface area contributed by atoms with Gasteiger partial charge < -0.3 is 20.2 Å². The fourth-order valence-electron chi connectivity index (χ4n) is 7.21. The molecule has 1 aliphatic rings. The lowest BCUT2D eigenvalue weighted by Crippen LogP contribution is -2.34. The lowest BCUT2D eigenvalue weighted by atomic mass is 9.87. The summed E-state index contributed by atoms with van der Waals surface area (Å²) in [7, 11) is -6.53. The van der Waals surface area contributed by atoms with Gasteiger partial charge in [0.15, 0.2) is 11.0 Å². The van der Waals surface area contributed by atoms with Crippen LogP contribution in [0.25, 0.3) is 11.1 Å². The van der Waals surface area contributed by atoms with Crippen molar-refractivity contribution in [3.8, 4) is 11.1 Å². The van der Waals surface area contributed by atoms with E-state index in [9.17, 15) is 35.7 Å². The number of carbonyl (C=O) groups excluding carboxylic acids is 1. The van der Waals surface area contributed by atoms with Gasteiger partial charge >= 0.3 is 5.51 Å². The number of aliphatic hydroxyl groups excluding tert-OH is 1. The quantitative estimate of drug-likeness (QED) is 0.0741. The summed E-state index contributed by atoms with van der Waals surface area (Å²) in [6, 6.07) is 35.0. The molecule has 16 heteroatoms. The summed E-state index contributed by atoms with van der Waals surface area (Å²) in [4.78, 5) is 16.8. The van der Waals surface area contributed by atoms with Gasteiger partial charge in [0.1, 0.15) is 4.90 Å². The van der Waals surface area contributed by atoms with E-state index in [4.69, 9.17) is 11.6 Å². The number of hydrogen-bond acceptors (Lipinski definition) is 9. The van der Waals surface area contributed by atoms with Gasteiger partial charge in [-0.3, -0.25) is 9.52 Å². The van der Waals surface area contributed by atoms with Crippen LogP contribution in [-0.2, 0) is 27.2 Å². The van der Waals surface area contributed by atoms with Gasteiger partial charge in [0.25, 0.3) is 15.7 Å². The smallest absolute Gasteiger partial charge is 0.395 e. The van der Waals surface area contributed by atoms with Crippen LogP contribution < -0.4 is 14.9 Å². The molecular formula is C45H48ClF3N4O5S3. The Morgan fingerprint density at radius 2 is 1.61 bits per heavy atom. The predicted octanol–water partition coefficient (Wildman–Crippen LogP) is 9.10. The second kappa shape index (κ2) is 21.1. The molecule has 1 saturated heterocycles. The Morgan fingerprint density at radius 3 is 2.28 bits per heavy atom. The number of anilines is 2. The van der Waals surface area contributed by atoms with E-state index in [0.717, 1.165) is 54.6 Å². The first-order chi connectivity index (χ1) is 29.2. The number of rotatable bonds is 18. The van der Waals surface area contributed by atoms with Gasteiger partial charge in [-0.15, -0.1) is 11.8 Å². The fourth-order valence-corrected chi connectivity index (χ4v) is 10.2. The number of thioether (sulfide) groups is 1. The highest BCUT2D eigenvalue weighted by Gasteiger charge is 2.48. The van der Waals surface area contributed by atoms with E-state index in [0.29, 0.717) is 42.3 Å². The van der Waals surface area contributed by atoms with Crippen LogP contribution in [0.1, 0.15) is 35.2 Å². The maximum Gasteiger partial charge on any atom is 0.501 e. The van der Waals surface area contributed by atoms with Crippen LogP contribution in [-0.4, -0.2) is 85.7 Å². The summed E-state index contributed by atoms with van der Waals surface area (Å²) in [5, 5.41) is 13.0. The highest BCUT2D eigenvalue weighted by atomic mass is 35.5. The van der Waals surface area contributed by atoms with Crippen LogP contribution in [0.4, 0.5) is 24.5 Å². The SMILES string of the molecule is CN(CCO)CCC(CSc1ccccc1)Nc1ccc(S(=O)NC(=O)c2ccc(N3CCC(Cc4ccccc4-c4ccc(Cl)cc4)CC3)cc2)cc1S(=O)(=O)C(F)(F)F. The van der Waals surface area contributed by atoms with E-state index in [1.807, 2.05) is 65.6 Å². The summed E-state index contributed by atoms with van der Waals surface area (Å²) in [5.74, 6) is 0.130. The van der Waals surface area contributed by atoms with Gasteiger partial charge in [-0.1, -0.05) is 66.2 Å². The van der Waals surface area contributed by atoms with E-state index in [2.05, 4.69) is 33.1 Å². The van der Waals surface area contributed by atoms with Crippen molar-refractivity contribution in [3.05, 3.63) is 137 Å². The average Bonchev–Trinajstić information content (AvgIpc) is 3.25. The molecule has 3 N–H and O–H groups in total. The van der Waals surface area contributed by atoms with E-state index in [1.54, 1.807) is 31.3 Å². The number of piperidine rings is 1. The number of nitrogens with one attached hydrogen (secondary N) is 2. The molecule has 5 aromatic carbocycles. The standard InChI is InChI=1S/C45H48ClF3N4O5S3/c1-52(27-28-54)24-23-37(31-59-39-8-3-2-4-9-39)50-42-20-19-40(30-43(42)61(57,58)45(47,48)49)60(56)51-44(55)34-13-17-38(18-14-34)53-25-21-32(22-26-53)29-35-7-5-6-10-41(35)33-11-15-36(46)16-12-33/h2-20,30,32,37,50,54H,21-29,31H2,1H3,(H,51,55). The van der Waals surface area contributed by atoms with Crippen LogP contribution in [0.15, 0.2) is 136 Å². The number of sulfone groups is 1. The van der Waals surface area contributed by atoms with Crippen molar-refractivity contribution in [2.75, 3.05) is 55.8 Å². The molecule has 9 nitrogen and oxygen atoms in total. The Bertz CT molecular complexity index is 2370. The van der Waals surface area contributed by atoms with Crippen LogP contribution in [0.2, 0.25) is 5.02 Å². The normalized spacial score (nSPS) is 14.8. The molecule has 0 spiro atoms. The first-order valence-electron chi connectivity index (χ1n) is 19.8. The number of aliphatic hydroxyl groups is 1. The van der Waals surface area contributed by atoms with Crippen molar-refractivity contribution in [3.63, 3.8) is 0 Å². The largest absolute Gasteiger partial charge is 0.501 e.